The molecule has 0 bridgehead atoms. The fraction of sp³-hybridized carbons (Fsp3) is 0.429. The van der Waals surface area contributed by atoms with Crippen molar-refractivity contribution in [3.05, 3.63) is 17.0 Å². The number of nitrogens with one attached hydrogen (secondary N) is 1. The lowest BCUT2D eigenvalue weighted by Crippen LogP contribution is -2.12. The standard InChI is InChI=1S/C7H11ClN4/c1-4(2)5-6(8)10-3-11-7(5)12-9/h3-4H,9H2,1-2H3,(H,10,11,12). The number of hydrazine groups is 1. The van der Waals surface area contributed by atoms with Gasteiger partial charge in [-0.3, -0.25) is 0 Å². The molecule has 1 rings (SSSR count). The van der Waals surface area contributed by atoms with Crippen LogP contribution in [0, 0.1) is 0 Å². The van der Waals surface area contributed by atoms with Gasteiger partial charge in [-0.2, -0.15) is 0 Å². The van der Waals surface area contributed by atoms with E-state index in [0.717, 1.165) is 5.56 Å². The summed E-state index contributed by atoms with van der Waals surface area (Å²) in [6.07, 6.45) is 1.38. The minimum absolute atomic E-state index is 0.254. The summed E-state index contributed by atoms with van der Waals surface area (Å²) < 4.78 is 0. The Kier molecular flexibility index (Phi) is 2.83. The number of nitrogens with zero attached hydrogens (tertiary/aromatic N) is 2. The van der Waals surface area contributed by atoms with Gasteiger partial charge in [-0.15, -0.1) is 0 Å². The van der Waals surface area contributed by atoms with E-state index >= 15 is 0 Å². The maximum absolute atomic E-state index is 5.86. The van der Waals surface area contributed by atoms with E-state index < -0.39 is 0 Å². The third kappa shape index (κ3) is 1.65. The SMILES string of the molecule is CC(C)c1c(Cl)ncnc1NN. The van der Waals surface area contributed by atoms with E-state index in [4.69, 9.17) is 17.4 Å². The van der Waals surface area contributed by atoms with Gasteiger partial charge in [0, 0.05) is 5.56 Å². The lowest BCUT2D eigenvalue weighted by atomic mass is 10.1. The summed E-state index contributed by atoms with van der Waals surface area (Å²) >= 11 is 5.86. The molecule has 0 aliphatic heterocycles. The fourth-order valence-corrected chi connectivity index (χ4v) is 1.35. The summed E-state index contributed by atoms with van der Waals surface area (Å²) in [5.74, 6) is 6.10. The highest BCUT2D eigenvalue weighted by Crippen LogP contribution is 2.26. The van der Waals surface area contributed by atoms with Gasteiger partial charge in [0.05, 0.1) is 0 Å². The molecule has 3 N–H and O–H groups in total. The third-order valence-electron chi connectivity index (χ3n) is 1.55. The van der Waals surface area contributed by atoms with Crippen molar-refractivity contribution in [1.82, 2.24) is 9.97 Å². The van der Waals surface area contributed by atoms with Crippen molar-refractivity contribution in [3.8, 4) is 0 Å². The molecule has 0 saturated heterocycles. The molecule has 0 atom stereocenters. The Morgan fingerprint density at radius 1 is 1.50 bits per heavy atom. The van der Waals surface area contributed by atoms with Crippen LogP contribution in [0.5, 0.6) is 0 Å². The number of aromatic nitrogens is 2. The molecule has 0 aliphatic rings. The quantitative estimate of drug-likeness (QED) is 0.418. The molecule has 0 unspecified atom stereocenters. The second kappa shape index (κ2) is 3.69. The molecule has 0 aromatic carbocycles. The molecule has 1 aromatic rings. The van der Waals surface area contributed by atoms with Crippen LogP contribution in [0.4, 0.5) is 5.82 Å². The normalized spacial score (nSPS) is 10.4. The number of hydrogen-bond acceptors (Lipinski definition) is 4. The van der Waals surface area contributed by atoms with E-state index in [1.54, 1.807) is 0 Å². The summed E-state index contributed by atoms with van der Waals surface area (Å²) in [5.41, 5.74) is 3.33. The molecule has 0 radical (unpaired) electrons. The summed E-state index contributed by atoms with van der Waals surface area (Å²) in [4.78, 5) is 7.82. The van der Waals surface area contributed by atoms with E-state index in [-0.39, 0.29) is 5.92 Å². The topological polar surface area (TPSA) is 63.8 Å². The van der Waals surface area contributed by atoms with Crippen molar-refractivity contribution in [2.45, 2.75) is 19.8 Å². The van der Waals surface area contributed by atoms with Crippen LogP contribution in [0.25, 0.3) is 0 Å². The van der Waals surface area contributed by atoms with E-state index in [0.29, 0.717) is 11.0 Å². The molecule has 0 aliphatic carbocycles. The Bertz CT molecular complexity index is 274. The van der Waals surface area contributed by atoms with Crippen molar-refractivity contribution in [2.75, 3.05) is 5.43 Å². The van der Waals surface area contributed by atoms with Crippen LogP contribution in [0.2, 0.25) is 5.15 Å². The van der Waals surface area contributed by atoms with Crippen LogP contribution in [-0.2, 0) is 0 Å². The van der Waals surface area contributed by atoms with Crippen molar-refractivity contribution < 1.29 is 0 Å². The number of hydrogen-bond donors (Lipinski definition) is 2. The Balaban J connectivity index is 3.20. The largest absolute Gasteiger partial charge is 0.308 e. The fourth-order valence-electron chi connectivity index (χ4n) is 1.00. The van der Waals surface area contributed by atoms with Crippen LogP contribution >= 0.6 is 11.6 Å². The first-order valence-electron chi connectivity index (χ1n) is 3.63. The second-order valence-electron chi connectivity index (χ2n) is 2.73. The second-order valence-corrected chi connectivity index (χ2v) is 3.08. The highest BCUT2D eigenvalue weighted by atomic mass is 35.5. The predicted molar refractivity (Wildman–Crippen MR) is 48.9 cm³/mol. The van der Waals surface area contributed by atoms with E-state index in [2.05, 4.69) is 15.4 Å². The molecule has 0 fully saturated rings. The Morgan fingerprint density at radius 3 is 2.58 bits per heavy atom. The Hall–Kier alpha value is -0.870. The molecule has 5 heteroatoms. The molecule has 12 heavy (non-hydrogen) atoms. The number of nitrogens with two attached hydrogens (primary N) is 1. The summed E-state index contributed by atoms with van der Waals surface area (Å²) in [6, 6.07) is 0. The minimum Gasteiger partial charge on any atom is -0.308 e. The first-order chi connectivity index (χ1) is 5.66. The van der Waals surface area contributed by atoms with Crippen LogP contribution in [0.3, 0.4) is 0 Å². The first kappa shape index (κ1) is 9.22. The maximum atomic E-state index is 5.86. The Morgan fingerprint density at radius 2 is 2.17 bits per heavy atom. The average molecular weight is 187 g/mol. The average Bonchev–Trinajstić information content (AvgIpc) is 2.03. The van der Waals surface area contributed by atoms with E-state index in [1.807, 2.05) is 13.8 Å². The molecule has 4 nitrogen and oxygen atoms in total. The van der Waals surface area contributed by atoms with Gasteiger partial charge < -0.3 is 5.43 Å². The zero-order valence-corrected chi connectivity index (χ0v) is 7.76. The summed E-state index contributed by atoms with van der Waals surface area (Å²) in [5, 5.41) is 0.452. The predicted octanol–water partition coefficient (Wildman–Crippen LogP) is 1.54. The number of nitrogen functional groups attached to an aromatic ring is 1. The maximum Gasteiger partial charge on any atom is 0.148 e. The highest BCUT2D eigenvalue weighted by molar-refractivity contribution is 6.30. The van der Waals surface area contributed by atoms with Crippen molar-refractivity contribution in [3.63, 3.8) is 0 Å². The molecule has 1 aromatic heterocycles. The molecule has 0 spiro atoms. The first-order valence-corrected chi connectivity index (χ1v) is 4.01. The molecular formula is C7H11ClN4. The number of anilines is 1. The molecule has 1 heterocycles. The van der Waals surface area contributed by atoms with Crippen LogP contribution in [0.1, 0.15) is 25.3 Å². The van der Waals surface area contributed by atoms with Gasteiger partial charge in [0.15, 0.2) is 0 Å². The smallest absolute Gasteiger partial charge is 0.148 e. The van der Waals surface area contributed by atoms with Gasteiger partial charge in [0.25, 0.3) is 0 Å². The van der Waals surface area contributed by atoms with Crippen LogP contribution in [-0.4, -0.2) is 9.97 Å². The lowest BCUT2D eigenvalue weighted by Gasteiger charge is -2.10. The monoisotopic (exact) mass is 186 g/mol. The number of halogens is 1. The highest BCUT2D eigenvalue weighted by Gasteiger charge is 2.11. The van der Waals surface area contributed by atoms with Crippen molar-refractivity contribution >= 4 is 17.4 Å². The zero-order chi connectivity index (χ0) is 9.14. The number of rotatable bonds is 2. The lowest BCUT2D eigenvalue weighted by molar-refractivity contribution is 0.847. The van der Waals surface area contributed by atoms with Crippen LogP contribution in [0.15, 0.2) is 6.33 Å². The Labute approximate surface area is 76.1 Å². The van der Waals surface area contributed by atoms with Gasteiger partial charge in [0.2, 0.25) is 0 Å². The summed E-state index contributed by atoms with van der Waals surface area (Å²) in [7, 11) is 0. The van der Waals surface area contributed by atoms with Gasteiger partial charge in [-0.05, 0) is 5.92 Å². The molecule has 66 valence electrons. The molecular weight excluding hydrogens is 176 g/mol. The van der Waals surface area contributed by atoms with Gasteiger partial charge >= 0.3 is 0 Å². The van der Waals surface area contributed by atoms with Crippen LogP contribution < -0.4 is 11.3 Å². The van der Waals surface area contributed by atoms with Gasteiger partial charge in [-0.25, -0.2) is 15.8 Å². The van der Waals surface area contributed by atoms with Gasteiger partial charge in [-0.1, -0.05) is 25.4 Å². The van der Waals surface area contributed by atoms with E-state index in [9.17, 15) is 0 Å². The molecule has 0 saturated carbocycles. The van der Waals surface area contributed by atoms with Crippen molar-refractivity contribution in [1.29, 1.82) is 0 Å². The summed E-state index contributed by atoms with van der Waals surface area (Å²) in [6.45, 7) is 4.01. The minimum atomic E-state index is 0.254. The van der Waals surface area contributed by atoms with Crippen molar-refractivity contribution in [2.24, 2.45) is 5.84 Å². The van der Waals surface area contributed by atoms with Gasteiger partial charge in [0.1, 0.15) is 17.3 Å². The third-order valence-corrected chi connectivity index (χ3v) is 1.85. The van der Waals surface area contributed by atoms with E-state index in [1.165, 1.54) is 6.33 Å². The zero-order valence-electron chi connectivity index (χ0n) is 7.00. The molecule has 0 amide bonds.